The van der Waals surface area contributed by atoms with E-state index in [2.05, 4.69) is 17.6 Å². The Bertz CT molecular complexity index is 582. The topological polar surface area (TPSA) is 75.3 Å². The van der Waals surface area contributed by atoms with Gasteiger partial charge in [-0.1, -0.05) is 38.8 Å². The molecule has 0 aliphatic carbocycles. The molecule has 1 heterocycles. The number of anilines is 1. The molecule has 5 nitrogen and oxygen atoms in total. The largest absolute Gasteiger partial charge is 0.326 e. The quantitative estimate of drug-likeness (QED) is 0.792. The summed E-state index contributed by atoms with van der Waals surface area (Å²) in [6.45, 7) is 4.04. The molecule has 1 aliphatic rings. The molecule has 2 rings (SSSR count). The van der Waals surface area contributed by atoms with Gasteiger partial charge in [-0.2, -0.15) is 0 Å². The molecule has 3 amide bonds. The molecule has 1 aromatic rings. The summed E-state index contributed by atoms with van der Waals surface area (Å²) in [5.41, 5.74) is 1.63. The van der Waals surface area contributed by atoms with Crippen LogP contribution >= 0.6 is 0 Å². The van der Waals surface area contributed by atoms with Gasteiger partial charge in [-0.25, -0.2) is 0 Å². The van der Waals surface area contributed by atoms with Gasteiger partial charge in [0.1, 0.15) is 0 Å². The summed E-state index contributed by atoms with van der Waals surface area (Å²) in [5, 5.41) is 5.24. The third kappa shape index (κ3) is 4.91. The second-order valence-corrected chi connectivity index (χ2v) is 6.23. The lowest BCUT2D eigenvalue weighted by Gasteiger charge is -2.22. The van der Waals surface area contributed by atoms with Gasteiger partial charge >= 0.3 is 0 Å². The van der Waals surface area contributed by atoms with Crippen LogP contribution in [0.1, 0.15) is 57.4 Å². The smallest absolute Gasteiger partial charge is 0.227 e. The molecule has 0 aromatic heterocycles. The van der Waals surface area contributed by atoms with E-state index in [1.165, 1.54) is 0 Å². The van der Waals surface area contributed by atoms with Crippen LogP contribution in [0.25, 0.3) is 0 Å². The Kier molecular flexibility index (Phi) is 5.90. The fourth-order valence-electron chi connectivity index (χ4n) is 2.79. The Morgan fingerprint density at radius 1 is 1.30 bits per heavy atom. The maximum absolute atomic E-state index is 12.2. The molecular weight excluding hydrogens is 292 g/mol. The number of amides is 3. The number of imide groups is 1. The van der Waals surface area contributed by atoms with Crippen LogP contribution in [0.15, 0.2) is 24.3 Å². The molecule has 1 aliphatic heterocycles. The number of unbranched alkanes of at least 4 members (excludes halogenated alkanes) is 1. The molecule has 2 N–H and O–H groups in total. The molecular formula is C18H24N2O3. The normalized spacial score (nSPS) is 16.8. The van der Waals surface area contributed by atoms with Crippen molar-refractivity contribution in [1.82, 2.24) is 5.32 Å². The highest BCUT2D eigenvalue weighted by molar-refractivity contribution is 5.98. The molecule has 0 saturated carbocycles. The van der Waals surface area contributed by atoms with Gasteiger partial charge in [0, 0.05) is 30.4 Å². The Morgan fingerprint density at radius 3 is 2.65 bits per heavy atom. The number of benzene rings is 1. The monoisotopic (exact) mass is 316 g/mol. The van der Waals surface area contributed by atoms with Gasteiger partial charge in [0.05, 0.1) is 0 Å². The fourth-order valence-corrected chi connectivity index (χ4v) is 2.79. The lowest BCUT2D eigenvalue weighted by atomic mass is 9.89. The minimum absolute atomic E-state index is 0.00747. The van der Waals surface area contributed by atoms with E-state index in [4.69, 9.17) is 0 Å². The van der Waals surface area contributed by atoms with Gasteiger partial charge in [-0.15, -0.1) is 0 Å². The molecule has 1 fully saturated rings. The second kappa shape index (κ2) is 7.90. The van der Waals surface area contributed by atoms with Crippen molar-refractivity contribution in [2.24, 2.45) is 5.92 Å². The molecule has 1 saturated heterocycles. The van der Waals surface area contributed by atoms with E-state index in [0.29, 0.717) is 18.5 Å². The molecule has 23 heavy (non-hydrogen) atoms. The minimum Gasteiger partial charge on any atom is -0.326 e. The summed E-state index contributed by atoms with van der Waals surface area (Å²) in [5.74, 6) is -0.623. The molecule has 0 bridgehead atoms. The first-order valence-electron chi connectivity index (χ1n) is 8.23. The van der Waals surface area contributed by atoms with Crippen LogP contribution in [0.5, 0.6) is 0 Å². The number of rotatable bonds is 6. The zero-order valence-corrected chi connectivity index (χ0v) is 13.7. The van der Waals surface area contributed by atoms with Crippen molar-refractivity contribution >= 4 is 23.4 Å². The summed E-state index contributed by atoms with van der Waals surface area (Å²) in [6.07, 6.45) is 3.59. The first-order chi connectivity index (χ1) is 11.0. The average molecular weight is 316 g/mol. The first kappa shape index (κ1) is 17.2. The predicted molar refractivity (Wildman–Crippen MR) is 88.9 cm³/mol. The van der Waals surface area contributed by atoms with Crippen molar-refractivity contribution in [3.63, 3.8) is 0 Å². The maximum Gasteiger partial charge on any atom is 0.227 e. The van der Waals surface area contributed by atoms with E-state index in [1.807, 2.05) is 31.2 Å². The number of piperidine rings is 1. The third-order valence-electron chi connectivity index (χ3n) is 4.21. The summed E-state index contributed by atoms with van der Waals surface area (Å²) in [6, 6.07) is 7.44. The molecule has 1 aromatic carbocycles. The first-order valence-corrected chi connectivity index (χ1v) is 8.23. The van der Waals surface area contributed by atoms with Gasteiger partial charge < -0.3 is 5.32 Å². The Balaban J connectivity index is 2.03. The highest BCUT2D eigenvalue weighted by Gasteiger charge is 2.26. The third-order valence-corrected chi connectivity index (χ3v) is 4.21. The van der Waals surface area contributed by atoms with E-state index < -0.39 is 0 Å². The lowest BCUT2D eigenvalue weighted by Crippen LogP contribution is -2.37. The van der Waals surface area contributed by atoms with Crippen LogP contribution in [0.3, 0.4) is 0 Å². The van der Waals surface area contributed by atoms with Crippen LogP contribution in [0.2, 0.25) is 0 Å². The van der Waals surface area contributed by atoms with Crippen molar-refractivity contribution in [2.45, 2.75) is 51.9 Å². The van der Waals surface area contributed by atoms with Crippen LogP contribution in [-0.4, -0.2) is 17.7 Å². The highest BCUT2D eigenvalue weighted by Crippen LogP contribution is 2.28. The van der Waals surface area contributed by atoms with E-state index >= 15 is 0 Å². The molecule has 0 unspecified atom stereocenters. The van der Waals surface area contributed by atoms with Crippen LogP contribution in [-0.2, 0) is 14.4 Å². The van der Waals surface area contributed by atoms with Crippen molar-refractivity contribution in [3.8, 4) is 0 Å². The zero-order chi connectivity index (χ0) is 16.8. The van der Waals surface area contributed by atoms with Crippen molar-refractivity contribution in [3.05, 3.63) is 29.8 Å². The zero-order valence-electron chi connectivity index (χ0n) is 13.7. The van der Waals surface area contributed by atoms with Crippen molar-refractivity contribution in [1.29, 1.82) is 0 Å². The van der Waals surface area contributed by atoms with Crippen LogP contribution in [0, 0.1) is 5.92 Å². The fraction of sp³-hybridized carbons (Fsp3) is 0.500. The summed E-state index contributed by atoms with van der Waals surface area (Å²) >= 11 is 0. The summed E-state index contributed by atoms with van der Waals surface area (Å²) in [7, 11) is 0. The average Bonchev–Trinajstić information content (AvgIpc) is 2.51. The number of hydrogen-bond donors (Lipinski definition) is 2. The molecule has 124 valence electrons. The van der Waals surface area contributed by atoms with E-state index in [-0.39, 0.29) is 29.6 Å². The molecule has 1 atom stereocenters. The maximum atomic E-state index is 12.2. The Labute approximate surface area is 136 Å². The van der Waals surface area contributed by atoms with Gasteiger partial charge in [0.15, 0.2) is 0 Å². The van der Waals surface area contributed by atoms with Crippen molar-refractivity contribution in [2.75, 3.05) is 5.32 Å². The van der Waals surface area contributed by atoms with E-state index in [9.17, 15) is 14.4 Å². The number of hydrogen-bond acceptors (Lipinski definition) is 3. The standard InChI is InChI=1S/C18H24N2O3/c1-3-4-6-12(2)18(23)19-15-8-5-7-13(9-15)14-10-16(21)20-17(22)11-14/h5,7-9,12,14H,3-4,6,10-11H2,1-2H3,(H,19,23)(H,20,21,22)/t12-/m0/s1. The summed E-state index contributed by atoms with van der Waals surface area (Å²) in [4.78, 5) is 35.2. The highest BCUT2D eigenvalue weighted by atomic mass is 16.2. The van der Waals surface area contributed by atoms with Gasteiger partial charge in [-0.3, -0.25) is 19.7 Å². The molecule has 0 spiro atoms. The van der Waals surface area contributed by atoms with Gasteiger partial charge in [-0.05, 0) is 24.1 Å². The van der Waals surface area contributed by atoms with Crippen molar-refractivity contribution < 1.29 is 14.4 Å². The Morgan fingerprint density at radius 2 is 2.00 bits per heavy atom. The van der Waals surface area contributed by atoms with E-state index in [0.717, 1.165) is 24.8 Å². The molecule has 0 radical (unpaired) electrons. The summed E-state index contributed by atoms with van der Waals surface area (Å²) < 4.78 is 0. The predicted octanol–water partition coefficient (Wildman–Crippen LogP) is 2.97. The van der Waals surface area contributed by atoms with Crippen LogP contribution < -0.4 is 10.6 Å². The van der Waals surface area contributed by atoms with Gasteiger partial charge in [0.25, 0.3) is 0 Å². The lowest BCUT2D eigenvalue weighted by molar-refractivity contribution is -0.133. The Hall–Kier alpha value is -2.17. The number of nitrogens with one attached hydrogen (secondary N) is 2. The molecule has 5 heteroatoms. The number of carbonyl (C=O) groups excluding carboxylic acids is 3. The van der Waals surface area contributed by atoms with Gasteiger partial charge in [0.2, 0.25) is 17.7 Å². The minimum atomic E-state index is -0.242. The number of carbonyl (C=O) groups is 3. The second-order valence-electron chi connectivity index (χ2n) is 6.23. The van der Waals surface area contributed by atoms with E-state index in [1.54, 1.807) is 0 Å². The van der Waals surface area contributed by atoms with Crippen LogP contribution in [0.4, 0.5) is 5.69 Å². The SMILES string of the molecule is CCCC[C@H](C)C(=O)Nc1cccc(C2CC(=O)NC(=O)C2)c1.